The average molecular weight is 371 g/mol. The van der Waals surface area contributed by atoms with Gasteiger partial charge in [0.1, 0.15) is 18.2 Å². The van der Waals surface area contributed by atoms with Gasteiger partial charge in [-0.05, 0) is 35.7 Å². The summed E-state index contributed by atoms with van der Waals surface area (Å²) in [5.41, 5.74) is 0. The number of nitrogens with zero attached hydrogens (tertiary/aromatic N) is 2. The fraction of sp³-hybridized carbons (Fsp3) is 0.353. The summed E-state index contributed by atoms with van der Waals surface area (Å²) in [6, 6.07) is 9.82. The number of thiophene rings is 1. The molecule has 0 spiro atoms. The summed E-state index contributed by atoms with van der Waals surface area (Å²) in [4.78, 5) is 17.2. The van der Waals surface area contributed by atoms with Crippen molar-refractivity contribution in [3.8, 4) is 5.75 Å². The van der Waals surface area contributed by atoms with Crippen molar-refractivity contribution in [1.29, 1.82) is 0 Å². The van der Waals surface area contributed by atoms with E-state index in [1.165, 1.54) is 23.5 Å². The molecule has 0 saturated carbocycles. The predicted octanol–water partition coefficient (Wildman–Crippen LogP) is 3.15. The van der Waals surface area contributed by atoms with Crippen LogP contribution in [-0.2, 0) is 0 Å². The fourth-order valence-electron chi connectivity index (χ4n) is 2.55. The molecule has 4 nitrogen and oxygen atoms in total. The number of rotatable bonds is 5. The number of halogens is 2. The molecule has 1 aliphatic heterocycles. The zero-order valence-corrected chi connectivity index (χ0v) is 14.8. The molecular formula is C17H20ClFN2O2S. The third kappa shape index (κ3) is 4.93. The van der Waals surface area contributed by atoms with Crippen LogP contribution >= 0.6 is 23.7 Å². The van der Waals surface area contributed by atoms with E-state index < -0.39 is 0 Å². The zero-order valence-electron chi connectivity index (χ0n) is 13.2. The minimum absolute atomic E-state index is 0. The molecule has 0 radical (unpaired) electrons. The molecule has 2 heterocycles. The van der Waals surface area contributed by atoms with Gasteiger partial charge in [-0.2, -0.15) is 0 Å². The van der Waals surface area contributed by atoms with Crippen LogP contribution in [0.25, 0.3) is 0 Å². The minimum Gasteiger partial charge on any atom is -0.492 e. The van der Waals surface area contributed by atoms with Gasteiger partial charge in [0, 0.05) is 32.7 Å². The van der Waals surface area contributed by atoms with Gasteiger partial charge in [-0.15, -0.1) is 23.7 Å². The smallest absolute Gasteiger partial charge is 0.264 e. The van der Waals surface area contributed by atoms with E-state index in [9.17, 15) is 9.18 Å². The number of hydrogen-bond acceptors (Lipinski definition) is 4. The van der Waals surface area contributed by atoms with Gasteiger partial charge in [-0.25, -0.2) is 4.39 Å². The fourth-order valence-corrected chi connectivity index (χ4v) is 3.24. The van der Waals surface area contributed by atoms with Crippen molar-refractivity contribution >= 4 is 29.7 Å². The van der Waals surface area contributed by atoms with Gasteiger partial charge < -0.3 is 9.64 Å². The molecule has 1 saturated heterocycles. The monoisotopic (exact) mass is 370 g/mol. The predicted molar refractivity (Wildman–Crippen MR) is 95.8 cm³/mol. The Morgan fingerprint density at radius 1 is 1.12 bits per heavy atom. The third-order valence-electron chi connectivity index (χ3n) is 3.88. The van der Waals surface area contributed by atoms with Gasteiger partial charge >= 0.3 is 0 Å². The van der Waals surface area contributed by atoms with E-state index in [4.69, 9.17) is 4.74 Å². The van der Waals surface area contributed by atoms with Crippen molar-refractivity contribution < 1.29 is 13.9 Å². The molecule has 24 heavy (non-hydrogen) atoms. The van der Waals surface area contributed by atoms with E-state index in [-0.39, 0.29) is 24.1 Å². The highest BCUT2D eigenvalue weighted by molar-refractivity contribution is 7.12. The standard InChI is InChI=1S/C17H19FN2O2S.ClH/c18-14-3-5-15(6-4-14)22-12-11-19-7-9-20(10-8-19)17(21)16-2-1-13-23-16;/h1-6,13H,7-12H2;1H. The van der Waals surface area contributed by atoms with Crippen molar-refractivity contribution in [2.24, 2.45) is 0 Å². The third-order valence-corrected chi connectivity index (χ3v) is 4.74. The first-order valence-corrected chi connectivity index (χ1v) is 8.54. The Kier molecular flexibility index (Phi) is 7.02. The lowest BCUT2D eigenvalue weighted by molar-refractivity contribution is 0.0625. The quantitative estimate of drug-likeness (QED) is 0.810. The largest absolute Gasteiger partial charge is 0.492 e. The number of ether oxygens (including phenoxy) is 1. The summed E-state index contributed by atoms with van der Waals surface area (Å²) in [5, 5.41) is 1.93. The maximum Gasteiger partial charge on any atom is 0.264 e. The highest BCUT2D eigenvalue weighted by Crippen LogP contribution is 2.14. The van der Waals surface area contributed by atoms with Crippen LogP contribution in [0.4, 0.5) is 4.39 Å². The van der Waals surface area contributed by atoms with Crippen LogP contribution in [0.3, 0.4) is 0 Å². The number of amides is 1. The molecule has 3 rings (SSSR count). The first kappa shape index (κ1) is 18.7. The van der Waals surface area contributed by atoms with Crippen LogP contribution in [0.15, 0.2) is 41.8 Å². The summed E-state index contributed by atoms with van der Waals surface area (Å²) in [7, 11) is 0. The normalized spacial score (nSPS) is 15.0. The summed E-state index contributed by atoms with van der Waals surface area (Å²) in [6.45, 7) is 4.55. The van der Waals surface area contributed by atoms with E-state index in [2.05, 4.69) is 4.90 Å². The van der Waals surface area contributed by atoms with Gasteiger partial charge in [-0.1, -0.05) is 6.07 Å². The molecule has 0 aliphatic carbocycles. The molecular weight excluding hydrogens is 351 g/mol. The molecule has 1 amide bonds. The van der Waals surface area contributed by atoms with Crippen LogP contribution in [-0.4, -0.2) is 55.0 Å². The second-order valence-corrected chi connectivity index (χ2v) is 6.36. The maximum atomic E-state index is 12.8. The van der Waals surface area contributed by atoms with Crippen LogP contribution < -0.4 is 4.74 Å². The van der Waals surface area contributed by atoms with E-state index >= 15 is 0 Å². The lowest BCUT2D eigenvalue weighted by Gasteiger charge is -2.34. The molecule has 0 unspecified atom stereocenters. The van der Waals surface area contributed by atoms with Crippen molar-refractivity contribution in [3.05, 3.63) is 52.5 Å². The molecule has 0 atom stereocenters. The highest BCUT2D eigenvalue weighted by Gasteiger charge is 2.22. The summed E-state index contributed by atoms with van der Waals surface area (Å²) < 4.78 is 18.4. The van der Waals surface area contributed by atoms with Crippen molar-refractivity contribution in [2.75, 3.05) is 39.3 Å². The summed E-state index contributed by atoms with van der Waals surface area (Å²) in [5.74, 6) is 0.545. The summed E-state index contributed by atoms with van der Waals surface area (Å²) in [6.07, 6.45) is 0. The Balaban J connectivity index is 0.00000208. The Hall–Kier alpha value is -1.63. The van der Waals surface area contributed by atoms with Gasteiger partial charge in [0.15, 0.2) is 0 Å². The second kappa shape index (κ2) is 9.01. The van der Waals surface area contributed by atoms with E-state index in [1.54, 1.807) is 12.1 Å². The van der Waals surface area contributed by atoms with Crippen molar-refractivity contribution in [3.63, 3.8) is 0 Å². The molecule has 130 valence electrons. The lowest BCUT2D eigenvalue weighted by atomic mass is 10.3. The first-order chi connectivity index (χ1) is 11.2. The molecule has 1 aromatic carbocycles. The minimum atomic E-state index is -0.260. The Bertz CT molecular complexity index is 629. The van der Waals surface area contributed by atoms with Gasteiger partial charge in [-0.3, -0.25) is 9.69 Å². The highest BCUT2D eigenvalue weighted by atomic mass is 35.5. The zero-order chi connectivity index (χ0) is 16.1. The van der Waals surface area contributed by atoms with E-state index in [0.29, 0.717) is 12.4 Å². The van der Waals surface area contributed by atoms with E-state index in [1.807, 2.05) is 22.4 Å². The lowest BCUT2D eigenvalue weighted by Crippen LogP contribution is -2.49. The number of piperazine rings is 1. The molecule has 1 aromatic heterocycles. The number of carbonyl (C=O) groups is 1. The molecule has 1 aliphatic rings. The topological polar surface area (TPSA) is 32.8 Å². The molecule has 0 bridgehead atoms. The van der Waals surface area contributed by atoms with Crippen LogP contribution in [0.1, 0.15) is 9.67 Å². The first-order valence-electron chi connectivity index (χ1n) is 7.66. The number of carbonyl (C=O) groups excluding carboxylic acids is 1. The molecule has 7 heteroatoms. The van der Waals surface area contributed by atoms with Crippen LogP contribution in [0.2, 0.25) is 0 Å². The maximum absolute atomic E-state index is 12.8. The average Bonchev–Trinajstić information content (AvgIpc) is 3.11. The molecule has 1 fully saturated rings. The Morgan fingerprint density at radius 3 is 2.46 bits per heavy atom. The number of hydrogen-bond donors (Lipinski definition) is 0. The van der Waals surface area contributed by atoms with Crippen LogP contribution in [0.5, 0.6) is 5.75 Å². The van der Waals surface area contributed by atoms with Crippen LogP contribution in [0, 0.1) is 5.82 Å². The molecule has 0 N–H and O–H groups in total. The SMILES string of the molecule is Cl.O=C(c1cccs1)N1CCN(CCOc2ccc(F)cc2)CC1. The van der Waals surface area contributed by atoms with E-state index in [0.717, 1.165) is 37.6 Å². The van der Waals surface area contributed by atoms with Crippen molar-refractivity contribution in [1.82, 2.24) is 9.80 Å². The summed E-state index contributed by atoms with van der Waals surface area (Å²) >= 11 is 1.49. The van der Waals surface area contributed by atoms with Gasteiger partial charge in [0.05, 0.1) is 4.88 Å². The second-order valence-electron chi connectivity index (χ2n) is 5.41. The molecule has 2 aromatic rings. The van der Waals surface area contributed by atoms with Gasteiger partial charge in [0.25, 0.3) is 5.91 Å². The van der Waals surface area contributed by atoms with Gasteiger partial charge in [0.2, 0.25) is 0 Å². The Morgan fingerprint density at radius 2 is 1.83 bits per heavy atom. The van der Waals surface area contributed by atoms with Crippen molar-refractivity contribution in [2.45, 2.75) is 0 Å². The Labute approximate surface area is 151 Å². The number of benzene rings is 1.